The molecule has 5 nitrogen and oxygen atoms in total. The molecular formula is C24H34ClN3O2. The van der Waals surface area contributed by atoms with Gasteiger partial charge in [0, 0.05) is 38.3 Å². The largest absolute Gasteiger partial charge is 0.495 e. The van der Waals surface area contributed by atoms with E-state index >= 15 is 0 Å². The quantitative estimate of drug-likeness (QED) is 0.653. The number of amides is 1. The summed E-state index contributed by atoms with van der Waals surface area (Å²) in [4.78, 5) is 17.1. The minimum Gasteiger partial charge on any atom is -0.495 e. The van der Waals surface area contributed by atoms with Crippen molar-refractivity contribution in [1.29, 1.82) is 0 Å². The van der Waals surface area contributed by atoms with E-state index in [1.807, 2.05) is 24.3 Å². The normalized spacial score (nSPS) is 14.3. The second-order valence-electron chi connectivity index (χ2n) is 7.93. The molecule has 0 aromatic heterocycles. The van der Waals surface area contributed by atoms with Gasteiger partial charge >= 0.3 is 0 Å². The van der Waals surface area contributed by atoms with Crippen molar-refractivity contribution in [2.24, 2.45) is 0 Å². The highest BCUT2D eigenvalue weighted by Gasteiger charge is 2.19. The van der Waals surface area contributed by atoms with Crippen LogP contribution in [0.5, 0.6) is 5.75 Å². The van der Waals surface area contributed by atoms with Crippen LogP contribution < -0.4 is 15.0 Å². The van der Waals surface area contributed by atoms with E-state index in [2.05, 4.69) is 53.2 Å². The van der Waals surface area contributed by atoms with Crippen molar-refractivity contribution in [2.45, 2.75) is 32.6 Å². The maximum Gasteiger partial charge on any atom is 0.224 e. The minimum absolute atomic E-state index is 0. The number of para-hydroxylation sites is 2. The summed E-state index contributed by atoms with van der Waals surface area (Å²) in [5, 5.41) is 3.04. The molecule has 1 saturated heterocycles. The van der Waals surface area contributed by atoms with Gasteiger partial charge < -0.3 is 15.0 Å². The summed E-state index contributed by atoms with van der Waals surface area (Å²) in [6, 6.07) is 16.3. The van der Waals surface area contributed by atoms with Gasteiger partial charge in [0.1, 0.15) is 5.75 Å². The van der Waals surface area contributed by atoms with Gasteiger partial charge in [-0.05, 0) is 48.7 Å². The van der Waals surface area contributed by atoms with Gasteiger partial charge in [0.2, 0.25) is 5.91 Å². The van der Waals surface area contributed by atoms with Crippen LogP contribution in [-0.4, -0.2) is 50.6 Å². The predicted molar refractivity (Wildman–Crippen MR) is 127 cm³/mol. The fourth-order valence-corrected chi connectivity index (χ4v) is 3.77. The molecule has 0 atom stereocenters. The molecule has 0 bridgehead atoms. The van der Waals surface area contributed by atoms with E-state index in [0.29, 0.717) is 12.3 Å². The summed E-state index contributed by atoms with van der Waals surface area (Å²) in [5.74, 6) is 1.49. The number of carbonyl (C=O) groups is 1. The highest BCUT2D eigenvalue weighted by Crippen LogP contribution is 2.28. The summed E-state index contributed by atoms with van der Waals surface area (Å²) < 4.78 is 5.49. The number of carbonyl (C=O) groups excluding carboxylic acids is 1. The maximum absolute atomic E-state index is 12.3. The number of benzene rings is 2. The number of methoxy groups -OCH3 is 1. The molecule has 0 aliphatic carbocycles. The van der Waals surface area contributed by atoms with E-state index in [1.165, 1.54) is 5.56 Å². The molecule has 6 heteroatoms. The maximum atomic E-state index is 12.3. The number of ether oxygens (including phenoxy) is 1. The Morgan fingerprint density at radius 3 is 2.50 bits per heavy atom. The average molecular weight is 432 g/mol. The zero-order valence-electron chi connectivity index (χ0n) is 18.3. The average Bonchev–Trinajstić information content (AvgIpc) is 2.74. The van der Waals surface area contributed by atoms with E-state index in [0.717, 1.165) is 56.3 Å². The van der Waals surface area contributed by atoms with Gasteiger partial charge in [-0.15, -0.1) is 12.4 Å². The Morgan fingerprint density at radius 2 is 1.80 bits per heavy atom. The first kappa shape index (κ1) is 24.0. The lowest BCUT2D eigenvalue weighted by atomic mass is 10.0. The van der Waals surface area contributed by atoms with Crippen molar-refractivity contribution in [3.63, 3.8) is 0 Å². The van der Waals surface area contributed by atoms with E-state index in [9.17, 15) is 4.79 Å². The molecule has 2 aromatic rings. The Bertz CT molecular complexity index is 805. The molecular weight excluding hydrogens is 398 g/mol. The molecule has 0 unspecified atom stereocenters. The molecule has 0 spiro atoms. The number of nitrogens with zero attached hydrogens (tertiary/aromatic N) is 2. The minimum atomic E-state index is 0. The topological polar surface area (TPSA) is 44.8 Å². The van der Waals surface area contributed by atoms with Gasteiger partial charge in [0.15, 0.2) is 0 Å². The molecule has 164 valence electrons. The molecule has 2 aromatic carbocycles. The Kier molecular flexibility index (Phi) is 9.47. The first-order valence-electron chi connectivity index (χ1n) is 10.6. The Hall–Kier alpha value is -2.24. The zero-order chi connectivity index (χ0) is 20.6. The molecule has 3 rings (SSSR count). The highest BCUT2D eigenvalue weighted by molar-refractivity contribution is 5.90. The van der Waals surface area contributed by atoms with E-state index < -0.39 is 0 Å². The molecule has 30 heavy (non-hydrogen) atoms. The monoisotopic (exact) mass is 431 g/mol. The Morgan fingerprint density at radius 1 is 1.07 bits per heavy atom. The van der Waals surface area contributed by atoms with Crippen LogP contribution in [0.1, 0.15) is 38.2 Å². The fraction of sp³-hybridized carbons (Fsp3) is 0.458. The summed E-state index contributed by atoms with van der Waals surface area (Å²) in [6.07, 6.45) is 1.43. The molecule has 1 fully saturated rings. The molecule has 1 amide bonds. The van der Waals surface area contributed by atoms with Crippen LogP contribution in [0.2, 0.25) is 0 Å². The third-order valence-corrected chi connectivity index (χ3v) is 5.51. The van der Waals surface area contributed by atoms with Crippen LogP contribution >= 0.6 is 12.4 Å². The van der Waals surface area contributed by atoms with Crippen molar-refractivity contribution in [1.82, 2.24) is 4.90 Å². The van der Waals surface area contributed by atoms with Crippen molar-refractivity contribution >= 4 is 29.7 Å². The summed E-state index contributed by atoms with van der Waals surface area (Å²) in [7, 11) is 1.72. The molecule has 1 N–H and O–H groups in total. The fourth-order valence-electron chi connectivity index (χ4n) is 3.77. The van der Waals surface area contributed by atoms with Gasteiger partial charge in [0.25, 0.3) is 0 Å². The van der Waals surface area contributed by atoms with Crippen molar-refractivity contribution in [3.05, 3.63) is 54.1 Å². The standard InChI is InChI=1S/C24H33N3O2.ClH/c1-19(2)20-8-6-9-21(18-20)25-24(28)12-7-13-26-14-16-27(17-15-26)22-10-4-5-11-23(22)29-3;/h4-6,8-11,18-19H,7,12-17H2,1-3H3,(H,25,28);1H. The predicted octanol–water partition coefficient (Wildman–Crippen LogP) is 4.78. The second kappa shape index (κ2) is 11.8. The van der Waals surface area contributed by atoms with Crippen molar-refractivity contribution in [3.8, 4) is 5.75 Å². The number of rotatable bonds is 8. The first-order valence-corrected chi connectivity index (χ1v) is 10.6. The number of nitrogens with one attached hydrogen (secondary N) is 1. The first-order chi connectivity index (χ1) is 14.1. The van der Waals surface area contributed by atoms with Crippen LogP contribution in [0, 0.1) is 0 Å². The number of hydrogen-bond donors (Lipinski definition) is 1. The molecule has 0 saturated carbocycles. The van der Waals surface area contributed by atoms with Crippen LogP contribution in [0.15, 0.2) is 48.5 Å². The third kappa shape index (κ3) is 6.64. The Labute approximate surface area is 186 Å². The number of hydrogen-bond acceptors (Lipinski definition) is 4. The SMILES string of the molecule is COc1ccccc1N1CCN(CCCC(=O)Nc2cccc(C(C)C)c2)CC1.Cl. The van der Waals surface area contributed by atoms with Crippen LogP contribution in [0.25, 0.3) is 0 Å². The summed E-state index contributed by atoms with van der Waals surface area (Å²) in [6.45, 7) is 9.26. The molecule has 1 heterocycles. The van der Waals surface area contributed by atoms with Gasteiger partial charge in [-0.1, -0.05) is 38.1 Å². The van der Waals surface area contributed by atoms with Crippen LogP contribution in [0.3, 0.4) is 0 Å². The summed E-state index contributed by atoms with van der Waals surface area (Å²) in [5.41, 5.74) is 3.31. The number of piperazine rings is 1. The van der Waals surface area contributed by atoms with Gasteiger partial charge in [-0.3, -0.25) is 9.69 Å². The van der Waals surface area contributed by atoms with Crippen molar-refractivity contribution in [2.75, 3.05) is 50.1 Å². The third-order valence-electron chi connectivity index (χ3n) is 5.51. The summed E-state index contributed by atoms with van der Waals surface area (Å²) >= 11 is 0. The van der Waals surface area contributed by atoms with Gasteiger partial charge in [-0.2, -0.15) is 0 Å². The molecule has 1 aliphatic rings. The van der Waals surface area contributed by atoms with Crippen LogP contribution in [0.4, 0.5) is 11.4 Å². The van der Waals surface area contributed by atoms with Crippen molar-refractivity contribution < 1.29 is 9.53 Å². The van der Waals surface area contributed by atoms with Gasteiger partial charge in [-0.25, -0.2) is 0 Å². The lowest BCUT2D eigenvalue weighted by Gasteiger charge is -2.36. The molecule has 1 aliphatic heterocycles. The van der Waals surface area contributed by atoms with E-state index in [4.69, 9.17) is 4.74 Å². The highest BCUT2D eigenvalue weighted by atomic mass is 35.5. The van der Waals surface area contributed by atoms with Gasteiger partial charge in [0.05, 0.1) is 12.8 Å². The lowest BCUT2D eigenvalue weighted by Crippen LogP contribution is -2.46. The second-order valence-corrected chi connectivity index (χ2v) is 7.93. The smallest absolute Gasteiger partial charge is 0.224 e. The molecule has 0 radical (unpaired) electrons. The van der Waals surface area contributed by atoms with E-state index in [1.54, 1.807) is 7.11 Å². The Balaban J connectivity index is 0.00000320. The lowest BCUT2D eigenvalue weighted by molar-refractivity contribution is -0.116. The number of halogens is 1. The number of anilines is 2. The zero-order valence-corrected chi connectivity index (χ0v) is 19.1. The van der Waals surface area contributed by atoms with E-state index in [-0.39, 0.29) is 18.3 Å². The van der Waals surface area contributed by atoms with Crippen LogP contribution in [-0.2, 0) is 4.79 Å².